The van der Waals surface area contributed by atoms with Gasteiger partial charge in [0.05, 0.1) is 18.8 Å². The second kappa shape index (κ2) is 46.7. The summed E-state index contributed by atoms with van der Waals surface area (Å²) in [4.78, 5) is 12.4. The maximum Gasteiger partial charge on any atom is 0.220 e. The fourth-order valence-electron chi connectivity index (χ4n) is 7.28. The van der Waals surface area contributed by atoms with Gasteiger partial charge in [-0.1, -0.05) is 229 Å². The first-order valence-electron chi connectivity index (χ1n) is 24.4. The molecule has 0 aliphatic heterocycles. The van der Waals surface area contributed by atoms with Gasteiger partial charge in [-0.3, -0.25) is 4.79 Å². The molecule has 0 aromatic heterocycles. The first-order chi connectivity index (χ1) is 27.2. The Bertz CT molecular complexity index is 877. The zero-order valence-corrected chi connectivity index (χ0v) is 36.9. The summed E-state index contributed by atoms with van der Waals surface area (Å²) < 4.78 is 0. The van der Waals surface area contributed by atoms with E-state index in [0.29, 0.717) is 6.42 Å². The lowest BCUT2D eigenvalue weighted by atomic mass is 10.0. The van der Waals surface area contributed by atoms with Gasteiger partial charge < -0.3 is 15.5 Å². The molecule has 0 aliphatic carbocycles. The van der Waals surface area contributed by atoms with Crippen molar-refractivity contribution in [3.05, 3.63) is 48.6 Å². The van der Waals surface area contributed by atoms with Crippen LogP contribution in [-0.2, 0) is 4.79 Å². The summed E-state index contributed by atoms with van der Waals surface area (Å²) in [5.41, 5.74) is 0. The van der Waals surface area contributed by atoms with Crippen LogP contribution in [0.5, 0.6) is 0 Å². The molecule has 0 fully saturated rings. The molecule has 3 N–H and O–H groups in total. The summed E-state index contributed by atoms with van der Waals surface area (Å²) in [6.07, 6.45) is 63.8. The van der Waals surface area contributed by atoms with Gasteiger partial charge >= 0.3 is 0 Å². The second-order valence-corrected chi connectivity index (χ2v) is 16.5. The van der Waals surface area contributed by atoms with E-state index in [9.17, 15) is 15.0 Å². The maximum absolute atomic E-state index is 12.4. The number of aliphatic hydroxyl groups is 2. The Kier molecular flexibility index (Phi) is 45.3. The molecule has 4 heteroatoms. The van der Waals surface area contributed by atoms with Gasteiger partial charge in [0.1, 0.15) is 0 Å². The van der Waals surface area contributed by atoms with Crippen molar-refractivity contribution in [3.8, 4) is 0 Å². The summed E-state index contributed by atoms with van der Waals surface area (Å²) in [6, 6.07) is -0.644. The van der Waals surface area contributed by atoms with Crippen LogP contribution in [0.1, 0.15) is 251 Å². The third-order valence-electron chi connectivity index (χ3n) is 11.0. The number of hydrogen-bond donors (Lipinski definition) is 3. The third-order valence-corrected chi connectivity index (χ3v) is 11.0. The summed E-state index contributed by atoms with van der Waals surface area (Å²) >= 11 is 0. The number of nitrogens with one attached hydrogen (secondary N) is 1. The largest absolute Gasteiger partial charge is 0.394 e. The van der Waals surface area contributed by atoms with Crippen molar-refractivity contribution in [2.45, 2.75) is 264 Å². The SMILES string of the molecule is CCCCCC/C=C\C/C=C\CCCCCCCCCC(=O)NC(CO)C(O)/C=C/CC/C=C/CCCCCCCCCCCCCCCCCCCCC. The Labute approximate surface area is 344 Å². The number of hydrogen-bond acceptors (Lipinski definition) is 3. The second-order valence-electron chi connectivity index (χ2n) is 16.5. The number of allylic oxidation sites excluding steroid dienone is 7. The standard InChI is InChI=1S/C51H95NO3/c1-3-5-7-9-11-13-15-17-19-21-23-24-25-26-27-28-29-30-32-34-36-38-40-42-44-46-50(54)49(48-53)52-51(55)47-45-43-41-39-37-35-33-31-22-20-18-16-14-12-10-8-6-4-2/h14,16,20,22,36,38,44,46,49-50,53-54H,3-13,15,17-19,21,23-35,37,39-43,45,47-48H2,1-2H3,(H,52,55)/b16-14-,22-20-,38-36+,46-44+. The third kappa shape index (κ3) is 43.3. The predicted octanol–water partition coefficient (Wildman–Crippen LogP) is 15.5. The Balaban J connectivity index is 3.58. The predicted molar refractivity (Wildman–Crippen MR) is 244 cm³/mol. The summed E-state index contributed by atoms with van der Waals surface area (Å²) in [5, 5.41) is 23.0. The molecule has 0 radical (unpaired) electrons. The molecule has 2 atom stereocenters. The molecule has 0 spiro atoms. The quantitative estimate of drug-likeness (QED) is 0.0427. The van der Waals surface area contributed by atoms with Crippen molar-refractivity contribution < 1.29 is 15.0 Å². The monoisotopic (exact) mass is 770 g/mol. The van der Waals surface area contributed by atoms with Crippen molar-refractivity contribution >= 4 is 5.91 Å². The van der Waals surface area contributed by atoms with Crippen molar-refractivity contribution in [1.29, 1.82) is 0 Å². The maximum atomic E-state index is 12.4. The molecule has 0 heterocycles. The van der Waals surface area contributed by atoms with Crippen molar-refractivity contribution in [3.63, 3.8) is 0 Å². The highest BCUT2D eigenvalue weighted by Crippen LogP contribution is 2.15. The lowest BCUT2D eigenvalue weighted by molar-refractivity contribution is -0.123. The van der Waals surface area contributed by atoms with E-state index in [2.05, 4.69) is 55.6 Å². The number of rotatable bonds is 44. The molecule has 0 bridgehead atoms. The van der Waals surface area contributed by atoms with Crippen molar-refractivity contribution in [2.75, 3.05) is 6.61 Å². The molecule has 0 saturated carbocycles. The Morgan fingerprint density at radius 1 is 0.436 bits per heavy atom. The molecule has 0 aromatic rings. The normalized spacial score (nSPS) is 13.3. The van der Waals surface area contributed by atoms with E-state index in [1.165, 1.54) is 186 Å². The molecule has 0 saturated heterocycles. The first-order valence-corrected chi connectivity index (χ1v) is 24.4. The van der Waals surface area contributed by atoms with Crippen LogP contribution in [0.15, 0.2) is 48.6 Å². The van der Waals surface area contributed by atoms with E-state index in [4.69, 9.17) is 0 Å². The van der Waals surface area contributed by atoms with Gasteiger partial charge in [-0.05, 0) is 64.2 Å². The van der Waals surface area contributed by atoms with Gasteiger partial charge in [-0.15, -0.1) is 0 Å². The van der Waals surface area contributed by atoms with Gasteiger partial charge in [0, 0.05) is 6.42 Å². The molecular weight excluding hydrogens is 675 g/mol. The van der Waals surface area contributed by atoms with Gasteiger partial charge in [-0.2, -0.15) is 0 Å². The minimum absolute atomic E-state index is 0.0811. The van der Waals surface area contributed by atoms with Crippen LogP contribution in [0, 0.1) is 0 Å². The van der Waals surface area contributed by atoms with Gasteiger partial charge in [0.2, 0.25) is 5.91 Å². The van der Waals surface area contributed by atoms with E-state index < -0.39 is 12.1 Å². The van der Waals surface area contributed by atoms with Crippen LogP contribution < -0.4 is 5.32 Å². The number of carbonyl (C=O) groups excluding carboxylic acids is 1. The zero-order chi connectivity index (χ0) is 40.0. The summed E-state index contributed by atoms with van der Waals surface area (Å²) in [5.74, 6) is -0.0811. The highest BCUT2D eigenvalue weighted by molar-refractivity contribution is 5.76. The van der Waals surface area contributed by atoms with Gasteiger partial charge in [-0.25, -0.2) is 0 Å². The van der Waals surface area contributed by atoms with E-state index in [1.54, 1.807) is 6.08 Å². The van der Waals surface area contributed by atoms with E-state index in [0.717, 1.165) is 44.9 Å². The van der Waals surface area contributed by atoms with Crippen LogP contribution in [0.4, 0.5) is 0 Å². The summed E-state index contributed by atoms with van der Waals surface area (Å²) in [6.45, 7) is 4.29. The molecule has 2 unspecified atom stereocenters. The molecular formula is C51H95NO3. The van der Waals surface area contributed by atoms with Crippen LogP contribution >= 0.6 is 0 Å². The lowest BCUT2D eigenvalue weighted by Gasteiger charge is -2.19. The molecule has 55 heavy (non-hydrogen) atoms. The van der Waals surface area contributed by atoms with Crippen LogP contribution in [0.25, 0.3) is 0 Å². The highest BCUT2D eigenvalue weighted by Gasteiger charge is 2.17. The Morgan fingerprint density at radius 2 is 0.764 bits per heavy atom. The summed E-state index contributed by atoms with van der Waals surface area (Å²) in [7, 11) is 0. The molecule has 0 aliphatic rings. The first kappa shape index (κ1) is 53.4. The van der Waals surface area contributed by atoms with Crippen LogP contribution in [0.3, 0.4) is 0 Å². The van der Waals surface area contributed by atoms with Gasteiger partial charge in [0.15, 0.2) is 0 Å². The van der Waals surface area contributed by atoms with Crippen LogP contribution in [-0.4, -0.2) is 34.9 Å². The molecule has 322 valence electrons. The zero-order valence-electron chi connectivity index (χ0n) is 36.9. The molecule has 4 nitrogen and oxygen atoms in total. The fraction of sp³-hybridized carbons (Fsp3) is 0.824. The average molecular weight is 770 g/mol. The van der Waals surface area contributed by atoms with Crippen molar-refractivity contribution in [1.82, 2.24) is 5.32 Å². The topological polar surface area (TPSA) is 69.6 Å². The molecule has 0 aromatic carbocycles. The Hall–Kier alpha value is -1.65. The van der Waals surface area contributed by atoms with Gasteiger partial charge in [0.25, 0.3) is 0 Å². The minimum Gasteiger partial charge on any atom is -0.394 e. The fourth-order valence-corrected chi connectivity index (χ4v) is 7.28. The van der Waals surface area contributed by atoms with E-state index >= 15 is 0 Å². The minimum atomic E-state index is -0.867. The average Bonchev–Trinajstić information content (AvgIpc) is 3.19. The Morgan fingerprint density at radius 3 is 1.18 bits per heavy atom. The lowest BCUT2D eigenvalue weighted by Crippen LogP contribution is -2.45. The van der Waals surface area contributed by atoms with E-state index in [1.807, 2.05) is 6.08 Å². The van der Waals surface area contributed by atoms with Crippen molar-refractivity contribution in [2.24, 2.45) is 0 Å². The number of aliphatic hydroxyl groups excluding tert-OH is 2. The van der Waals surface area contributed by atoms with E-state index in [-0.39, 0.29) is 12.5 Å². The van der Waals surface area contributed by atoms with Crippen LogP contribution in [0.2, 0.25) is 0 Å². The molecule has 1 amide bonds. The molecule has 0 rings (SSSR count). The number of unbranched alkanes of at least 4 members (excludes halogenated alkanes) is 31. The number of amides is 1. The number of carbonyl (C=O) groups is 1. The smallest absolute Gasteiger partial charge is 0.220 e. The highest BCUT2D eigenvalue weighted by atomic mass is 16.3.